The highest BCUT2D eigenvalue weighted by molar-refractivity contribution is 7.92. The van der Waals surface area contributed by atoms with Crippen LogP contribution in [0, 0.1) is 5.82 Å². The van der Waals surface area contributed by atoms with Gasteiger partial charge in [-0.05, 0) is 37.6 Å². The Morgan fingerprint density at radius 2 is 1.77 bits per heavy atom. The molecule has 0 spiro atoms. The standard InChI is InChI=1S/C21H26FN3O4S/c1-4-23-21(27)16(2)24(14-17-9-6-5-7-10-17)20(26)15-25(30(3,28)29)19-12-8-11-18(22)13-19/h5-13,16H,4,14-15H2,1-3H3,(H,23,27). The molecule has 1 atom stereocenters. The Morgan fingerprint density at radius 3 is 2.33 bits per heavy atom. The topological polar surface area (TPSA) is 86.8 Å². The molecule has 2 aromatic carbocycles. The summed E-state index contributed by atoms with van der Waals surface area (Å²) in [6, 6.07) is 13.3. The molecule has 0 aromatic heterocycles. The van der Waals surface area contributed by atoms with Crippen LogP contribution in [-0.2, 0) is 26.2 Å². The van der Waals surface area contributed by atoms with Gasteiger partial charge in [0, 0.05) is 13.1 Å². The average Bonchev–Trinajstić information content (AvgIpc) is 2.69. The molecule has 0 saturated heterocycles. The molecule has 30 heavy (non-hydrogen) atoms. The number of likely N-dealkylation sites (N-methyl/N-ethyl adjacent to an activating group) is 1. The molecule has 162 valence electrons. The molecular weight excluding hydrogens is 409 g/mol. The van der Waals surface area contributed by atoms with E-state index in [2.05, 4.69) is 5.32 Å². The molecule has 2 rings (SSSR count). The van der Waals surface area contributed by atoms with E-state index in [0.29, 0.717) is 6.54 Å². The third kappa shape index (κ3) is 6.28. The minimum absolute atomic E-state index is 0.0381. The van der Waals surface area contributed by atoms with Gasteiger partial charge in [0.2, 0.25) is 21.8 Å². The number of nitrogens with one attached hydrogen (secondary N) is 1. The Labute approximate surface area is 176 Å². The van der Waals surface area contributed by atoms with Crippen LogP contribution < -0.4 is 9.62 Å². The summed E-state index contributed by atoms with van der Waals surface area (Å²) >= 11 is 0. The van der Waals surface area contributed by atoms with Crippen LogP contribution in [-0.4, -0.2) is 50.5 Å². The van der Waals surface area contributed by atoms with Crippen LogP contribution >= 0.6 is 0 Å². The number of rotatable bonds is 9. The van der Waals surface area contributed by atoms with Crippen molar-refractivity contribution in [1.29, 1.82) is 0 Å². The van der Waals surface area contributed by atoms with Gasteiger partial charge in [0.15, 0.2) is 0 Å². The van der Waals surface area contributed by atoms with Crippen molar-refractivity contribution >= 4 is 27.5 Å². The third-order valence-corrected chi connectivity index (χ3v) is 5.63. The first kappa shape index (κ1) is 23.3. The number of carbonyl (C=O) groups excluding carboxylic acids is 2. The Bertz CT molecular complexity index is 983. The number of benzene rings is 2. The molecule has 0 fully saturated rings. The third-order valence-electron chi connectivity index (χ3n) is 4.49. The molecule has 0 aliphatic carbocycles. The molecule has 2 aromatic rings. The van der Waals surface area contributed by atoms with Crippen molar-refractivity contribution in [3.63, 3.8) is 0 Å². The van der Waals surface area contributed by atoms with Crippen molar-refractivity contribution in [3.05, 3.63) is 66.0 Å². The summed E-state index contributed by atoms with van der Waals surface area (Å²) in [5.74, 6) is -1.55. The quantitative estimate of drug-likeness (QED) is 0.654. The lowest BCUT2D eigenvalue weighted by Gasteiger charge is -2.31. The van der Waals surface area contributed by atoms with E-state index in [4.69, 9.17) is 0 Å². The summed E-state index contributed by atoms with van der Waals surface area (Å²) in [7, 11) is -3.87. The fraction of sp³-hybridized carbons (Fsp3) is 0.333. The van der Waals surface area contributed by atoms with E-state index in [1.807, 2.05) is 30.3 Å². The van der Waals surface area contributed by atoms with Crippen molar-refractivity contribution in [2.45, 2.75) is 26.4 Å². The Hall–Kier alpha value is -2.94. The zero-order valence-corrected chi connectivity index (χ0v) is 18.0. The van der Waals surface area contributed by atoms with Gasteiger partial charge in [0.25, 0.3) is 0 Å². The summed E-state index contributed by atoms with van der Waals surface area (Å²) in [5.41, 5.74) is 0.829. The van der Waals surface area contributed by atoms with Crippen molar-refractivity contribution in [2.24, 2.45) is 0 Å². The van der Waals surface area contributed by atoms with E-state index < -0.39 is 34.3 Å². The molecule has 1 unspecified atom stereocenters. The molecule has 2 amide bonds. The van der Waals surface area contributed by atoms with Crippen LogP contribution in [0.4, 0.5) is 10.1 Å². The van der Waals surface area contributed by atoms with Gasteiger partial charge in [-0.15, -0.1) is 0 Å². The monoisotopic (exact) mass is 435 g/mol. The highest BCUT2D eigenvalue weighted by Gasteiger charge is 2.29. The summed E-state index contributed by atoms with van der Waals surface area (Å²) < 4.78 is 39.1. The second-order valence-electron chi connectivity index (χ2n) is 6.83. The summed E-state index contributed by atoms with van der Waals surface area (Å²) in [6.07, 6.45) is 0.944. The van der Waals surface area contributed by atoms with Gasteiger partial charge >= 0.3 is 0 Å². The van der Waals surface area contributed by atoms with Crippen LogP contribution in [0.25, 0.3) is 0 Å². The fourth-order valence-corrected chi connectivity index (χ4v) is 3.77. The smallest absolute Gasteiger partial charge is 0.244 e. The molecule has 0 aliphatic rings. The number of amides is 2. The van der Waals surface area contributed by atoms with Crippen LogP contribution in [0.15, 0.2) is 54.6 Å². The second kappa shape index (κ2) is 10.2. The number of sulfonamides is 1. The largest absolute Gasteiger partial charge is 0.355 e. The predicted octanol–water partition coefficient (Wildman–Crippen LogP) is 2.15. The molecule has 0 radical (unpaired) electrons. The predicted molar refractivity (Wildman–Crippen MR) is 114 cm³/mol. The summed E-state index contributed by atoms with van der Waals surface area (Å²) in [6.45, 7) is 3.31. The first-order valence-corrected chi connectivity index (χ1v) is 11.3. The number of nitrogens with zero attached hydrogens (tertiary/aromatic N) is 2. The Morgan fingerprint density at radius 1 is 1.10 bits per heavy atom. The number of carbonyl (C=O) groups is 2. The van der Waals surface area contributed by atoms with Crippen molar-refractivity contribution in [1.82, 2.24) is 10.2 Å². The zero-order valence-electron chi connectivity index (χ0n) is 17.2. The average molecular weight is 436 g/mol. The van der Waals surface area contributed by atoms with Crippen LogP contribution in [0.2, 0.25) is 0 Å². The molecule has 9 heteroatoms. The zero-order chi connectivity index (χ0) is 22.3. The van der Waals surface area contributed by atoms with Gasteiger partial charge in [0.1, 0.15) is 18.4 Å². The lowest BCUT2D eigenvalue weighted by Crippen LogP contribution is -2.51. The number of halogens is 1. The Balaban J connectivity index is 2.35. The molecule has 7 nitrogen and oxygen atoms in total. The van der Waals surface area contributed by atoms with E-state index in [1.54, 1.807) is 13.8 Å². The normalized spacial score (nSPS) is 12.1. The highest BCUT2D eigenvalue weighted by atomic mass is 32.2. The first-order valence-electron chi connectivity index (χ1n) is 9.48. The first-order chi connectivity index (χ1) is 14.1. The van der Waals surface area contributed by atoms with Gasteiger partial charge in [0.05, 0.1) is 11.9 Å². The van der Waals surface area contributed by atoms with Crippen LogP contribution in [0.3, 0.4) is 0 Å². The maximum Gasteiger partial charge on any atom is 0.244 e. The maximum atomic E-state index is 13.6. The van der Waals surface area contributed by atoms with E-state index in [-0.39, 0.29) is 18.1 Å². The van der Waals surface area contributed by atoms with Crippen molar-refractivity contribution in [2.75, 3.05) is 23.7 Å². The van der Waals surface area contributed by atoms with Gasteiger partial charge in [-0.3, -0.25) is 13.9 Å². The van der Waals surface area contributed by atoms with Gasteiger partial charge in [-0.2, -0.15) is 0 Å². The molecule has 1 N–H and O–H groups in total. The van der Waals surface area contributed by atoms with E-state index in [1.165, 1.54) is 23.1 Å². The summed E-state index contributed by atoms with van der Waals surface area (Å²) in [5, 5.41) is 2.67. The van der Waals surface area contributed by atoms with Gasteiger partial charge < -0.3 is 10.2 Å². The Kier molecular flexibility index (Phi) is 7.93. The molecule has 0 bridgehead atoms. The summed E-state index contributed by atoms with van der Waals surface area (Å²) in [4.78, 5) is 26.9. The number of hydrogen-bond donors (Lipinski definition) is 1. The number of hydrogen-bond acceptors (Lipinski definition) is 4. The second-order valence-corrected chi connectivity index (χ2v) is 8.73. The minimum Gasteiger partial charge on any atom is -0.355 e. The van der Waals surface area contributed by atoms with Crippen molar-refractivity contribution in [3.8, 4) is 0 Å². The molecular formula is C21H26FN3O4S. The van der Waals surface area contributed by atoms with Crippen LogP contribution in [0.5, 0.6) is 0 Å². The fourth-order valence-electron chi connectivity index (χ4n) is 2.93. The molecule has 0 aliphatic heterocycles. The van der Waals surface area contributed by atoms with E-state index in [0.717, 1.165) is 22.2 Å². The SMILES string of the molecule is CCNC(=O)C(C)N(Cc1ccccc1)C(=O)CN(c1cccc(F)c1)S(C)(=O)=O. The highest BCUT2D eigenvalue weighted by Crippen LogP contribution is 2.20. The lowest BCUT2D eigenvalue weighted by atomic mass is 10.1. The van der Waals surface area contributed by atoms with E-state index in [9.17, 15) is 22.4 Å². The minimum atomic E-state index is -3.87. The van der Waals surface area contributed by atoms with Gasteiger partial charge in [-0.25, -0.2) is 12.8 Å². The van der Waals surface area contributed by atoms with Gasteiger partial charge in [-0.1, -0.05) is 36.4 Å². The van der Waals surface area contributed by atoms with Crippen LogP contribution in [0.1, 0.15) is 19.4 Å². The maximum absolute atomic E-state index is 13.6. The van der Waals surface area contributed by atoms with Crippen molar-refractivity contribution < 1.29 is 22.4 Å². The lowest BCUT2D eigenvalue weighted by molar-refractivity contribution is -0.139. The molecule has 0 heterocycles. The molecule has 0 saturated carbocycles. The number of anilines is 1. The van der Waals surface area contributed by atoms with E-state index >= 15 is 0 Å².